The molecule has 0 aliphatic carbocycles. The Hall–Kier alpha value is -2.80. The van der Waals surface area contributed by atoms with Gasteiger partial charge in [-0.25, -0.2) is 4.39 Å². The molecule has 7 heteroatoms. The van der Waals surface area contributed by atoms with Crippen molar-refractivity contribution in [3.8, 4) is 0 Å². The van der Waals surface area contributed by atoms with Crippen LogP contribution in [0.25, 0.3) is 0 Å². The molecule has 0 bridgehead atoms. The van der Waals surface area contributed by atoms with Crippen LogP contribution in [0.4, 0.5) is 10.1 Å². The zero-order valence-corrected chi connectivity index (χ0v) is 13.1. The van der Waals surface area contributed by atoms with Gasteiger partial charge in [0.2, 0.25) is 0 Å². The second-order valence-electron chi connectivity index (χ2n) is 5.36. The van der Waals surface area contributed by atoms with Gasteiger partial charge in [0.25, 0.3) is 11.6 Å². The topological polar surface area (TPSA) is 92.5 Å². The van der Waals surface area contributed by atoms with Crippen LogP contribution >= 0.6 is 0 Å². The summed E-state index contributed by atoms with van der Waals surface area (Å²) in [5.41, 5.74) is 1.16. The van der Waals surface area contributed by atoms with Crippen molar-refractivity contribution in [2.45, 2.75) is 20.0 Å². The fourth-order valence-electron chi connectivity index (χ4n) is 2.38. The van der Waals surface area contributed by atoms with Crippen LogP contribution in [0.1, 0.15) is 27.0 Å². The summed E-state index contributed by atoms with van der Waals surface area (Å²) in [5, 5.41) is 22.6. The number of nitrogens with zero attached hydrogens (tertiary/aromatic N) is 1. The fraction of sp³-hybridized carbons (Fsp3) is 0.235. The second-order valence-corrected chi connectivity index (χ2v) is 5.36. The molecule has 6 nitrogen and oxygen atoms in total. The summed E-state index contributed by atoms with van der Waals surface area (Å²) < 4.78 is 13.5. The first kappa shape index (κ1) is 17.6. The van der Waals surface area contributed by atoms with Crippen LogP contribution in [-0.2, 0) is 13.0 Å². The van der Waals surface area contributed by atoms with Gasteiger partial charge in [-0.05, 0) is 36.6 Å². The lowest BCUT2D eigenvalue weighted by atomic mass is 10.1. The van der Waals surface area contributed by atoms with E-state index in [9.17, 15) is 19.3 Å². The number of carbonyl (C=O) groups is 1. The maximum absolute atomic E-state index is 13.5. The maximum atomic E-state index is 13.5. The van der Waals surface area contributed by atoms with Gasteiger partial charge < -0.3 is 10.4 Å². The monoisotopic (exact) mass is 332 g/mol. The third-order valence-electron chi connectivity index (χ3n) is 3.60. The number of hydrogen-bond donors (Lipinski definition) is 2. The summed E-state index contributed by atoms with van der Waals surface area (Å²) >= 11 is 0. The normalized spacial score (nSPS) is 10.5. The van der Waals surface area contributed by atoms with Gasteiger partial charge in [-0.3, -0.25) is 14.9 Å². The Balaban J connectivity index is 2.05. The van der Waals surface area contributed by atoms with Gasteiger partial charge in [0, 0.05) is 12.1 Å². The van der Waals surface area contributed by atoms with Gasteiger partial charge in [0.15, 0.2) is 0 Å². The maximum Gasteiger partial charge on any atom is 0.285 e. The minimum absolute atomic E-state index is 0.0421. The van der Waals surface area contributed by atoms with Crippen molar-refractivity contribution >= 4 is 11.6 Å². The summed E-state index contributed by atoms with van der Waals surface area (Å²) in [5.74, 6) is -1.38. The number of benzene rings is 2. The highest BCUT2D eigenvalue weighted by molar-refractivity contribution is 5.98. The van der Waals surface area contributed by atoms with Crippen molar-refractivity contribution in [2.75, 3.05) is 6.54 Å². The zero-order valence-electron chi connectivity index (χ0n) is 13.1. The Labute approximate surface area is 138 Å². The van der Waals surface area contributed by atoms with Crippen molar-refractivity contribution in [1.29, 1.82) is 0 Å². The number of nitro benzene ring substituents is 1. The predicted octanol–water partition coefficient (Wildman–Crippen LogP) is 2.51. The van der Waals surface area contributed by atoms with E-state index in [2.05, 4.69) is 5.32 Å². The third kappa shape index (κ3) is 4.14. The Kier molecular flexibility index (Phi) is 5.59. The molecule has 0 aromatic heterocycles. The minimum Gasteiger partial charge on any atom is -0.392 e. The number of aryl methyl sites for hydroxylation is 1. The molecule has 24 heavy (non-hydrogen) atoms. The van der Waals surface area contributed by atoms with E-state index in [4.69, 9.17) is 5.11 Å². The highest BCUT2D eigenvalue weighted by Crippen LogP contribution is 2.24. The standard InChI is InChI=1S/C17H17FN2O4/c1-11-8-14(18)9-15(16(11)20(23)24)17(22)19-7-6-12-2-4-13(10-21)5-3-12/h2-5,8-9,21H,6-7,10H2,1H3,(H,19,22). The summed E-state index contributed by atoms with van der Waals surface area (Å²) in [6.45, 7) is 1.60. The lowest BCUT2D eigenvalue weighted by Crippen LogP contribution is -2.26. The predicted molar refractivity (Wildman–Crippen MR) is 86.2 cm³/mol. The number of nitrogens with one attached hydrogen (secondary N) is 1. The molecule has 0 radical (unpaired) electrons. The first-order valence-corrected chi connectivity index (χ1v) is 7.33. The molecule has 0 fully saturated rings. The smallest absolute Gasteiger partial charge is 0.285 e. The molecule has 0 saturated carbocycles. The SMILES string of the molecule is Cc1cc(F)cc(C(=O)NCCc2ccc(CO)cc2)c1[N+](=O)[O-]. The molecule has 126 valence electrons. The number of carbonyl (C=O) groups excluding carboxylic acids is 1. The Morgan fingerprint density at radius 1 is 1.25 bits per heavy atom. The fourth-order valence-corrected chi connectivity index (χ4v) is 2.38. The van der Waals surface area contributed by atoms with E-state index in [1.807, 2.05) is 12.1 Å². The first-order valence-electron chi connectivity index (χ1n) is 7.33. The van der Waals surface area contributed by atoms with Gasteiger partial charge >= 0.3 is 0 Å². The van der Waals surface area contributed by atoms with E-state index in [1.54, 1.807) is 12.1 Å². The molecule has 0 heterocycles. The van der Waals surface area contributed by atoms with Crippen molar-refractivity contribution in [3.05, 3.63) is 74.6 Å². The number of aliphatic hydroxyl groups is 1. The molecule has 0 spiro atoms. The molecule has 2 rings (SSSR count). The lowest BCUT2D eigenvalue weighted by molar-refractivity contribution is -0.385. The average Bonchev–Trinajstić information content (AvgIpc) is 2.54. The van der Waals surface area contributed by atoms with Crippen molar-refractivity contribution in [2.24, 2.45) is 0 Å². The molecule has 0 saturated heterocycles. The van der Waals surface area contributed by atoms with E-state index in [0.717, 1.165) is 23.3 Å². The molecule has 1 amide bonds. The van der Waals surface area contributed by atoms with Gasteiger partial charge in [0.1, 0.15) is 11.4 Å². The van der Waals surface area contributed by atoms with Crippen LogP contribution < -0.4 is 5.32 Å². The summed E-state index contributed by atoms with van der Waals surface area (Å²) in [6.07, 6.45) is 0.513. The lowest BCUT2D eigenvalue weighted by Gasteiger charge is -2.08. The highest BCUT2D eigenvalue weighted by Gasteiger charge is 2.23. The van der Waals surface area contributed by atoms with E-state index in [-0.39, 0.29) is 30.0 Å². The largest absolute Gasteiger partial charge is 0.392 e. The van der Waals surface area contributed by atoms with Gasteiger partial charge in [-0.1, -0.05) is 24.3 Å². The van der Waals surface area contributed by atoms with E-state index >= 15 is 0 Å². The number of aliphatic hydroxyl groups excluding tert-OH is 1. The molecule has 0 aliphatic rings. The van der Waals surface area contributed by atoms with Crippen molar-refractivity contribution in [3.63, 3.8) is 0 Å². The van der Waals surface area contributed by atoms with E-state index in [0.29, 0.717) is 6.42 Å². The molecular formula is C17H17FN2O4. The number of hydrogen-bond acceptors (Lipinski definition) is 4. The van der Waals surface area contributed by atoms with Crippen LogP contribution in [-0.4, -0.2) is 22.5 Å². The van der Waals surface area contributed by atoms with Crippen LogP contribution in [0.3, 0.4) is 0 Å². The summed E-state index contributed by atoms with van der Waals surface area (Å²) in [4.78, 5) is 22.6. The molecule has 0 atom stereocenters. The molecule has 0 unspecified atom stereocenters. The zero-order chi connectivity index (χ0) is 17.7. The van der Waals surface area contributed by atoms with E-state index < -0.39 is 16.6 Å². The Morgan fingerprint density at radius 3 is 2.46 bits per heavy atom. The molecule has 0 aliphatic heterocycles. The van der Waals surface area contributed by atoms with Crippen molar-refractivity contribution in [1.82, 2.24) is 5.32 Å². The van der Waals surface area contributed by atoms with Crippen LogP contribution in [0.5, 0.6) is 0 Å². The Bertz CT molecular complexity index is 760. The van der Waals surface area contributed by atoms with E-state index in [1.165, 1.54) is 6.92 Å². The average molecular weight is 332 g/mol. The van der Waals surface area contributed by atoms with Gasteiger partial charge in [-0.15, -0.1) is 0 Å². The van der Waals surface area contributed by atoms with Crippen molar-refractivity contribution < 1.29 is 19.2 Å². The number of halogens is 1. The van der Waals surface area contributed by atoms with Gasteiger partial charge in [0.05, 0.1) is 11.5 Å². The highest BCUT2D eigenvalue weighted by atomic mass is 19.1. The van der Waals surface area contributed by atoms with Crippen LogP contribution in [0.15, 0.2) is 36.4 Å². The van der Waals surface area contributed by atoms with Crippen LogP contribution in [0, 0.1) is 22.9 Å². The number of amides is 1. The summed E-state index contributed by atoms with van der Waals surface area (Å²) in [7, 11) is 0. The number of rotatable bonds is 6. The molecule has 2 aromatic carbocycles. The minimum atomic E-state index is -0.692. The quantitative estimate of drug-likeness (QED) is 0.628. The third-order valence-corrected chi connectivity index (χ3v) is 3.60. The van der Waals surface area contributed by atoms with Crippen LogP contribution in [0.2, 0.25) is 0 Å². The first-order chi connectivity index (χ1) is 11.4. The van der Waals surface area contributed by atoms with Gasteiger partial charge in [-0.2, -0.15) is 0 Å². The number of nitro groups is 1. The summed E-state index contributed by atoms with van der Waals surface area (Å²) in [6, 6.07) is 9.10. The second kappa shape index (κ2) is 7.65. The molecule has 2 N–H and O–H groups in total. The molecular weight excluding hydrogens is 315 g/mol. The molecule has 2 aromatic rings. The Morgan fingerprint density at radius 2 is 1.88 bits per heavy atom.